The second-order valence-electron chi connectivity index (χ2n) is 10.2. The number of hydrogen-bond donors (Lipinski definition) is 1. The van der Waals surface area contributed by atoms with E-state index in [4.69, 9.17) is 20.6 Å². The van der Waals surface area contributed by atoms with Crippen molar-refractivity contribution in [2.75, 3.05) is 50.1 Å². The first kappa shape index (κ1) is 28.2. The molecule has 2 heterocycles. The van der Waals surface area contributed by atoms with E-state index >= 15 is 0 Å². The number of aromatic nitrogens is 1. The number of urea groups is 1. The van der Waals surface area contributed by atoms with E-state index in [0.717, 1.165) is 27.6 Å². The van der Waals surface area contributed by atoms with Crippen LogP contribution in [0.1, 0.15) is 5.56 Å². The minimum absolute atomic E-state index is 0.0953. The van der Waals surface area contributed by atoms with Gasteiger partial charge in [0.25, 0.3) is 0 Å². The van der Waals surface area contributed by atoms with Gasteiger partial charge >= 0.3 is 6.03 Å². The molecule has 6 rings (SSSR count). The Morgan fingerprint density at radius 2 is 1.73 bits per heavy atom. The number of fused-ring (bicyclic) bond motifs is 2. The van der Waals surface area contributed by atoms with Gasteiger partial charge in [0, 0.05) is 54.9 Å². The van der Waals surface area contributed by atoms with Crippen LogP contribution in [-0.2, 0) is 0 Å². The molecule has 0 spiro atoms. The monoisotopic (exact) mass is 583 g/mol. The van der Waals surface area contributed by atoms with Crippen molar-refractivity contribution in [3.63, 3.8) is 0 Å². The first-order valence-corrected chi connectivity index (χ1v) is 14.1. The SMILES string of the molecule is C#CCOc1cc2ncc(C#N)c(N3CCN(C(=O)Nc4ccc(Oc5cccc6ccccc56)cc4)CC3)c2cc1OC. The van der Waals surface area contributed by atoms with E-state index in [1.54, 1.807) is 24.3 Å². The summed E-state index contributed by atoms with van der Waals surface area (Å²) in [4.78, 5) is 21.5. The summed E-state index contributed by atoms with van der Waals surface area (Å²) in [5, 5.41) is 15.8. The number of nitriles is 1. The van der Waals surface area contributed by atoms with Gasteiger partial charge in [-0.1, -0.05) is 42.3 Å². The Morgan fingerprint density at radius 3 is 2.48 bits per heavy atom. The van der Waals surface area contributed by atoms with Crippen molar-refractivity contribution >= 4 is 39.1 Å². The van der Waals surface area contributed by atoms with Crippen LogP contribution in [-0.4, -0.2) is 55.8 Å². The zero-order chi connectivity index (χ0) is 30.5. The van der Waals surface area contributed by atoms with E-state index in [9.17, 15) is 10.1 Å². The third-order valence-corrected chi connectivity index (χ3v) is 7.52. The van der Waals surface area contributed by atoms with Gasteiger partial charge in [0.15, 0.2) is 11.5 Å². The summed E-state index contributed by atoms with van der Waals surface area (Å²) < 4.78 is 17.3. The van der Waals surface area contributed by atoms with E-state index < -0.39 is 0 Å². The zero-order valence-corrected chi connectivity index (χ0v) is 24.1. The smallest absolute Gasteiger partial charge is 0.321 e. The first-order valence-electron chi connectivity index (χ1n) is 14.1. The number of amides is 2. The minimum atomic E-state index is -0.190. The lowest BCUT2D eigenvalue weighted by atomic mass is 10.1. The molecule has 0 bridgehead atoms. The van der Waals surface area contributed by atoms with Crippen molar-refractivity contribution in [1.82, 2.24) is 9.88 Å². The van der Waals surface area contributed by atoms with E-state index in [1.165, 1.54) is 0 Å². The Balaban J connectivity index is 1.12. The predicted molar refractivity (Wildman–Crippen MR) is 171 cm³/mol. The van der Waals surface area contributed by atoms with Gasteiger partial charge in [0.1, 0.15) is 24.2 Å². The lowest BCUT2D eigenvalue weighted by Gasteiger charge is -2.36. The molecule has 4 aromatic carbocycles. The highest BCUT2D eigenvalue weighted by Gasteiger charge is 2.25. The van der Waals surface area contributed by atoms with Gasteiger partial charge in [-0.15, -0.1) is 6.42 Å². The molecular formula is C35H29N5O4. The Bertz CT molecular complexity index is 1910. The highest BCUT2D eigenvalue weighted by Crippen LogP contribution is 2.38. The number of nitrogens with one attached hydrogen (secondary N) is 1. The highest BCUT2D eigenvalue weighted by molar-refractivity contribution is 5.97. The van der Waals surface area contributed by atoms with Crippen LogP contribution >= 0.6 is 0 Å². The molecule has 44 heavy (non-hydrogen) atoms. The summed E-state index contributed by atoms with van der Waals surface area (Å²) in [5.41, 5.74) is 2.52. The highest BCUT2D eigenvalue weighted by atomic mass is 16.5. The van der Waals surface area contributed by atoms with Crippen LogP contribution < -0.4 is 24.4 Å². The van der Waals surface area contributed by atoms with Gasteiger partial charge < -0.3 is 29.3 Å². The van der Waals surface area contributed by atoms with E-state index in [1.807, 2.05) is 72.8 Å². The molecule has 1 aliphatic rings. The van der Waals surface area contributed by atoms with E-state index in [2.05, 4.69) is 27.2 Å². The van der Waals surface area contributed by atoms with Gasteiger partial charge in [-0.25, -0.2) is 4.79 Å². The average Bonchev–Trinajstić information content (AvgIpc) is 3.07. The predicted octanol–water partition coefficient (Wildman–Crippen LogP) is 6.43. The number of benzene rings is 4. The fraction of sp³-hybridized carbons (Fsp3) is 0.171. The summed E-state index contributed by atoms with van der Waals surface area (Å²) in [5.74, 6) is 4.88. The van der Waals surface area contributed by atoms with Crippen molar-refractivity contribution in [2.45, 2.75) is 0 Å². The van der Waals surface area contributed by atoms with Gasteiger partial charge in [-0.05, 0) is 41.8 Å². The molecule has 0 radical (unpaired) electrons. The second-order valence-corrected chi connectivity index (χ2v) is 10.2. The quantitative estimate of drug-likeness (QED) is 0.221. The molecule has 1 N–H and O–H groups in total. The number of piperazine rings is 1. The molecule has 0 aliphatic carbocycles. The standard InChI is InChI=1S/C35H29N5O4/c1-3-19-43-33-21-30-29(20-32(33)42-2)34(25(22-36)23-37-30)39-15-17-40(18-16-39)35(41)38-26-11-13-27(14-12-26)44-31-10-6-8-24-7-4-5-9-28(24)31/h1,4-14,20-21,23H,15-19H2,2H3,(H,38,41). The Hall–Kier alpha value is -5.93. The third-order valence-electron chi connectivity index (χ3n) is 7.52. The molecule has 218 valence electrons. The summed E-state index contributed by atoms with van der Waals surface area (Å²) >= 11 is 0. The molecule has 5 aromatic rings. The van der Waals surface area contributed by atoms with Crippen LogP contribution in [0, 0.1) is 23.7 Å². The van der Waals surface area contributed by atoms with Gasteiger partial charge in [0.05, 0.1) is 23.9 Å². The molecule has 1 aromatic heterocycles. The van der Waals surface area contributed by atoms with Crippen LogP contribution in [0.15, 0.2) is 85.1 Å². The molecular weight excluding hydrogens is 554 g/mol. The molecule has 1 fully saturated rings. The van der Waals surface area contributed by atoms with Gasteiger partial charge in [0.2, 0.25) is 0 Å². The lowest BCUT2D eigenvalue weighted by Crippen LogP contribution is -2.50. The summed E-state index contributed by atoms with van der Waals surface area (Å²) in [6, 6.07) is 27.0. The van der Waals surface area contributed by atoms with Crippen LogP contribution in [0.2, 0.25) is 0 Å². The molecule has 1 saturated heterocycles. The number of anilines is 2. The number of pyridine rings is 1. The number of hydrogen-bond acceptors (Lipinski definition) is 7. The van der Waals surface area contributed by atoms with Crippen molar-refractivity contribution in [1.29, 1.82) is 5.26 Å². The maximum Gasteiger partial charge on any atom is 0.321 e. The van der Waals surface area contributed by atoms with Crippen LogP contribution in [0.5, 0.6) is 23.0 Å². The molecule has 1 aliphatic heterocycles. The molecule has 0 unspecified atom stereocenters. The number of terminal acetylenes is 1. The second kappa shape index (κ2) is 12.5. The molecule has 9 nitrogen and oxygen atoms in total. The van der Waals surface area contributed by atoms with Gasteiger partial charge in [-0.2, -0.15) is 5.26 Å². The van der Waals surface area contributed by atoms with Crippen molar-refractivity contribution in [3.8, 4) is 41.4 Å². The zero-order valence-electron chi connectivity index (χ0n) is 24.1. The van der Waals surface area contributed by atoms with E-state index in [-0.39, 0.29) is 12.6 Å². The van der Waals surface area contributed by atoms with Crippen molar-refractivity contribution in [3.05, 3.63) is 90.6 Å². The Morgan fingerprint density at radius 1 is 0.955 bits per heavy atom. The lowest BCUT2D eigenvalue weighted by molar-refractivity contribution is 0.208. The first-order chi connectivity index (χ1) is 21.6. The normalized spacial score (nSPS) is 12.8. The maximum atomic E-state index is 13.1. The third kappa shape index (κ3) is 5.72. The minimum Gasteiger partial charge on any atom is -0.493 e. The number of carbonyl (C=O) groups excluding carboxylic acids is 1. The fourth-order valence-corrected chi connectivity index (χ4v) is 5.35. The molecule has 0 saturated carbocycles. The summed E-state index contributed by atoms with van der Waals surface area (Å²) in [6.07, 6.45) is 6.91. The van der Waals surface area contributed by atoms with Crippen LogP contribution in [0.4, 0.5) is 16.2 Å². The summed E-state index contributed by atoms with van der Waals surface area (Å²) in [7, 11) is 1.55. The maximum absolute atomic E-state index is 13.1. The van der Waals surface area contributed by atoms with Crippen LogP contribution in [0.25, 0.3) is 21.7 Å². The summed E-state index contributed by atoms with van der Waals surface area (Å²) in [6.45, 7) is 2.12. The Kier molecular flexibility index (Phi) is 8.02. The number of rotatable bonds is 7. The fourth-order valence-electron chi connectivity index (χ4n) is 5.35. The number of methoxy groups -OCH3 is 1. The molecule has 2 amide bonds. The largest absolute Gasteiger partial charge is 0.493 e. The van der Waals surface area contributed by atoms with Crippen molar-refractivity contribution in [2.24, 2.45) is 0 Å². The number of ether oxygens (including phenoxy) is 3. The topological polar surface area (TPSA) is 100.0 Å². The number of nitrogens with zero attached hydrogens (tertiary/aromatic N) is 4. The van der Waals surface area contributed by atoms with E-state index in [0.29, 0.717) is 60.2 Å². The molecule has 0 atom stereocenters. The van der Waals surface area contributed by atoms with Gasteiger partial charge in [-0.3, -0.25) is 4.98 Å². The molecule has 9 heteroatoms. The average molecular weight is 584 g/mol. The van der Waals surface area contributed by atoms with Crippen LogP contribution in [0.3, 0.4) is 0 Å². The van der Waals surface area contributed by atoms with Crippen molar-refractivity contribution < 1.29 is 19.0 Å². The number of carbonyl (C=O) groups is 1. The Labute approximate surface area is 255 Å².